The Morgan fingerprint density at radius 1 is 1.04 bits per heavy atom. The lowest BCUT2D eigenvalue weighted by Crippen LogP contribution is -2.63. The number of rotatable bonds is 9. The van der Waals surface area contributed by atoms with E-state index in [1.165, 1.54) is 14.2 Å². The van der Waals surface area contributed by atoms with Gasteiger partial charge in [0.2, 0.25) is 6.29 Å². The summed E-state index contributed by atoms with van der Waals surface area (Å²) < 4.78 is 53.5. The number of hydrogen-bond donors (Lipinski definition) is 3. The summed E-state index contributed by atoms with van der Waals surface area (Å²) in [6.45, 7) is 11.9. The molecule has 0 radical (unpaired) electrons. The van der Waals surface area contributed by atoms with Gasteiger partial charge in [-0.15, -0.1) is 6.58 Å². The van der Waals surface area contributed by atoms with Crippen molar-refractivity contribution in [1.29, 1.82) is 0 Å². The van der Waals surface area contributed by atoms with E-state index in [-0.39, 0.29) is 37.1 Å². The molecule has 0 aromatic rings. The summed E-state index contributed by atoms with van der Waals surface area (Å²) in [4.78, 5) is 29.4. The van der Waals surface area contributed by atoms with E-state index in [4.69, 9.17) is 42.6 Å². The van der Waals surface area contributed by atoms with Crippen molar-refractivity contribution in [3.63, 3.8) is 0 Å². The Labute approximate surface area is 344 Å². The largest absolute Gasteiger partial charge is 0.506 e. The molecule has 6 unspecified atom stereocenters. The van der Waals surface area contributed by atoms with Crippen LogP contribution in [-0.4, -0.2) is 152 Å². The summed E-state index contributed by atoms with van der Waals surface area (Å²) >= 11 is 2.05. The minimum atomic E-state index is -1.21. The predicted octanol–water partition coefficient (Wildman–Crippen LogP) is 3.61. The van der Waals surface area contributed by atoms with E-state index in [1.54, 1.807) is 44.1 Å². The number of esters is 1. The lowest BCUT2D eigenvalue weighted by molar-refractivity contribution is -0.306. The first kappa shape index (κ1) is 46.7. The number of nitrogens with zero attached hydrogens (tertiary/aromatic N) is 1. The minimum absolute atomic E-state index is 0.0144. The minimum Gasteiger partial charge on any atom is -0.506 e. The lowest BCUT2D eigenvalue weighted by Gasteiger charge is -2.47. The standard InChI is InChI=1S/C40H62INO14/c1-10-27-19-50-14-13-25-16-22(3)28(43)12-11-21(2)15-26(18-51-40-37(49-9)36(48-8)29(44)20-52-40)38(41)55-31(45)17-30(54-27)23(4)35(25)56-39-34(47)32(42(6)7)33(46)24(5)53-39/h10-12,15,20,22-27,30,32-40,44,46-47H,1,13-14,16-19H2,2-9H3/b12-11+,21-15+/t22-,23+,24?,25+,26-,27?,30-,32?,33-,34?,35-,36?,37?,38+,39+,40-/m1/s1. The molecule has 15 nitrogen and oxygen atoms in total. The van der Waals surface area contributed by atoms with Crippen LogP contribution in [0.2, 0.25) is 0 Å². The van der Waals surface area contributed by atoms with Gasteiger partial charge in [-0.1, -0.05) is 37.6 Å². The average Bonchev–Trinajstić information content (AvgIpc) is 3.15. The number of carbonyl (C=O) groups excluding carboxylic acids is 2. The van der Waals surface area contributed by atoms with Gasteiger partial charge >= 0.3 is 5.97 Å². The third-order valence-corrected chi connectivity index (χ3v) is 12.2. The highest BCUT2D eigenvalue weighted by atomic mass is 127. The van der Waals surface area contributed by atoms with E-state index < -0.39 is 95.3 Å². The number of methoxy groups -OCH3 is 2. The molecule has 4 rings (SSSR count). The van der Waals surface area contributed by atoms with Crippen molar-refractivity contribution in [2.45, 2.75) is 119 Å². The number of halogens is 1. The number of ether oxygens (including phenoxy) is 9. The van der Waals surface area contributed by atoms with Crippen molar-refractivity contribution in [1.82, 2.24) is 4.90 Å². The smallest absolute Gasteiger partial charge is 0.309 e. The van der Waals surface area contributed by atoms with Crippen molar-refractivity contribution in [3.8, 4) is 0 Å². The molecular weight excluding hydrogens is 845 g/mol. The second kappa shape index (κ2) is 21.9. The third kappa shape index (κ3) is 12.1. The molecule has 16 heteroatoms. The monoisotopic (exact) mass is 907 g/mol. The predicted molar refractivity (Wildman–Crippen MR) is 212 cm³/mol. The molecule has 56 heavy (non-hydrogen) atoms. The summed E-state index contributed by atoms with van der Waals surface area (Å²) in [5, 5.41) is 32.7. The fourth-order valence-corrected chi connectivity index (χ4v) is 8.45. The van der Waals surface area contributed by atoms with Gasteiger partial charge in [-0.2, -0.15) is 0 Å². The van der Waals surface area contributed by atoms with E-state index in [0.29, 0.717) is 19.4 Å². The molecule has 4 aliphatic heterocycles. The van der Waals surface area contributed by atoms with Gasteiger partial charge in [0.1, 0.15) is 18.5 Å². The summed E-state index contributed by atoms with van der Waals surface area (Å²) in [5.41, 5.74) is 0.739. The molecule has 4 aliphatic rings. The zero-order chi connectivity index (χ0) is 41.3. The second-order valence-corrected chi connectivity index (χ2v) is 16.6. The Balaban J connectivity index is 1.69. The number of hydrogen-bond acceptors (Lipinski definition) is 15. The van der Waals surface area contributed by atoms with Crippen molar-refractivity contribution in [2.24, 2.45) is 23.7 Å². The number of likely N-dealkylation sites (N-methyl/N-ethyl adjacent to an activating group) is 1. The summed E-state index contributed by atoms with van der Waals surface area (Å²) in [6.07, 6.45) is 0.164. The first-order chi connectivity index (χ1) is 26.6. The molecule has 16 atom stereocenters. The van der Waals surface area contributed by atoms with Gasteiger partial charge in [-0.25, -0.2) is 0 Å². The van der Waals surface area contributed by atoms with Gasteiger partial charge in [0, 0.05) is 38.6 Å². The molecular formula is C40H62INO14. The maximum Gasteiger partial charge on any atom is 0.309 e. The number of fused-ring (bicyclic) bond motifs is 3. The van der Waals surface area contributed by atoms with Gasteiger partial charge in [-0.3, -0.25) is 9.59 Å². The highest BCUT2D eigenvalue weighted by Crippen LogP contribution is 2.36. The maximum absolute atomic E-state index is 13.9. The van der Waals surface area contributed by atoms with Crippen LogP contribution in [0.25, 0.3) is 0 Å². The van der Waals surface area contributed by atoms with Gasteiger partial charge in [-0.05, 0) is 75.4 Å². The van der Waals surface area contributed by atoms with Crippen molar-refractivity contribution in [3.05, 3.63) is 48.5 Å². The van der Waals surface area contributed by atoms with Crippen LogP contribution in [0.3, 0.4) is 0 Å². The zero-order valence-electron chi connectivity index (χ0n) is 33.7. The lowest BCUT2D eigenvalue weighted by atomic mass is 9.79. The SMILES string of the molecule is C=CC1COCC[C@H]2C[C@@H](C)C(=O)/C=C/C(C)=C/[C@H](CO[C@@H]3OC=C(O)C(OC)C3OC)[C@@H](I)OC(=O)C[C@@H](O1)[C@H](C)[C@H]2O[C@@H]1OC(C)[C@@H](O)C(N(C)C)C1O. The normalized spacial score (nSPS) is 42.5. The van der Waals surface area contributed by atoms with E-state index in [9.17, 15) is 24.9 Å². The number of aliphatic hydroxyl groups excluding tert-OH is 3. The third-order valence-electron chi connectivity index (χ3n) is 11.0. The van der Waals surface area contributed by atoms with E-state index in [0.717, 1.165) is 11.8 Å². The zero-order valence-corrected chi connectivity index (χ0v) is 35.9. The summed E-state index contributed by atoms with van der Waals surface area (Å²) in [6, 6.07) is -0.674. The Hall–Kier alpha value is -1.97. The number of aliphatic hydroxyl groups is 3. The van der Waals surface area contributed by atoms with E-state index >= 15 is 0 Å². The molecule has 0 aliphatic carbocycles. The molecule has 3 N–H and O–H groups in total. The van der Waals surface area contributed by atoms with Gasteiger partial charge in [0.25, 0.3) is 0 Å². The fraction of sp³-hybridized carbons (Fsp3) is 0.750. The Bertz CT molecular complexity index is 1390. The number of ketones is 1. The quantitative estimate of drug-likeness (QED) is 0.132. The molecule has 318 valence electrons. The molecule has 4 heterocycles. The highest BCUT2D eigenvalue weighted by molar-refractivity contribution is 14.1. The van der Waals surface area contributed by atoms with Gasteiger partial charge < -0.3 is 62.9 Å². The van der Waals surface area contributed by atoms with E-state index in [1.807, 2.05) is 49.4 Å². The molecule has 0 aromatic heterocycles. The van der Waals surface area contributed by atoms with Crippen LogP contribution in [0, 0.1) is 23.7 Å². The van der Waals surface area contributed by atoms with Crippen molar-refractivity contribution < 1.29 is 67.5 Å². The first-order valence-corrected chi connectivity index (χ1v) is 20.5. The van der Waals surface area contributed by atoms with Gasteiger partial charge in [0.15, 0.2) is 28.0 Å². The average molecular weight is 908 g/mol. The highest BCUT2D eigenvalue weighted by Gasteiger charge is 2.48. The van der Waals surface area contributed by atoms with E-state index in [2.05, 4.69) is 6.58 Å². The van der Waals surface area contributed by atoms with Crippen LogP contribution in [0.15, 0.2) is 48.5 Å². The molecule has 2 bridgehead atoms. The van der Waals surface area contributed by atoms with Crippen LogP contribution in [0.4, 0.5) is 0 Å². The number of carbonyl (C=O) groups is 2. The Morgan fingerprint density at radius 2 is 1.77 bits per heavy atom. The first-order valence-electron chi connectivity index (χ1n) is 19.2. The molecule has 0 saturated carbocycles. The van der Waals surface area contributed by atoms with Crippen LogP contribution in [0.1, 0.15) is 47.0 Å². The van der Waals surface area contributed by atoms with Crippen molar-refractivity contribution in [2.75, 3.05) is 48.1 Å². The van der Waals surface area contributed by atoms with Gasteiger partial charge in [0.05, 0.1) is 56.2 Å². The summed E-state index contributed by atoms with van der Waals surface area (Å²) in [7, 11) is 6.43. The fourth-order valence-electron chi connectivity index (χ4n) is 7.75. The number of allylic oxidation sites excluding steroid dienone is 3. The van der Waals surface area contributed by atoms with Crippen LogP contribution < -0.4 is 0 Å². The Morgan fingerprint density at radius 3 is 2.43 bits per heavy atom. The van der Waals surface area contributed by atoms with Crippen LogP contribution in [-0.2, 0) is 52.2 Å². The number of cyclic esters (lactones) is 1. The molecule has 0 spiro atoms. The number of alkyl halides is 1. The Kier molecular flexibility index (Phi) is 18.2. The maximum atomic E-state index is 13.9. The molecule has 0 amide bonds. The summed E-state index contributed by atoms with van der Waals surface area (Å²) in [5.74, 6) is -2.49. The molecule has 0 aromatic carbocycles. The molecule has 2 fully saturated rings. The van der Waals surface area contributed by atoms with Crippen LogP contribution in [0.5, 0.6) is 0 Å². The van der Waals surface area contributed by atoms with Crippen LogP contribution >= 0.6 is 22.6 Å². The topological polar surface area (TPSA) is 181 Å². The second-order valence-electron chi connectivity index (χ2n) is 15.4. The molecule has 2 saturated heterocycles. The van der Waals surface area contributed by atoms with Crippen molar-refractivity contribution >= 4 is 34.3 Å².